The van der Waals surface area contributed by atoms with Gasteiger partial charge in [0.15, 0.2) is 0 Å². The van der Waals surface area contributed by atoms with Gasteiger partial charge in [0, 0.05) is 19.7 Å². The molecule has 118 valence electrons. The molecule has 0 atom stereocenters. The Morgan fingerprint density at radius 2 is 2.10 bits per heavy atom. The second-order valence-electron chi connectivity index (χ2n) is 5.53. The average Bonchev–Trinajstić information content (AvgIpc) is 3.25. The fourth-order valence-corrected chi connectivity index (χ4v) is 3.13. The molecular formula is C15H24N2O3S. The topological polar surface area (TPSA) is 67.4 Å². The monoisotopic (exact) mass is 312 g/mol. The Labute approximate surface area is 127 Å². The van der Waals surface area contributed by atoms with Crippen LogP contribution < -0.4 is 10.0 Å². The van der Waals surface area contributed by atoms with Gasteiger partial charge in [0.25, 0.3) is 0 Å². The van der Waals surface area contributed by atoms with E-state index in [1.165, 1.54) is 12.8 Å². The highest BCUT2D eigenvalue weighted by molar-refractivity contribution is 7.89. The molecule has 2 N–H and O–H groups in total. The lowest BCUT2D eigenvalue weighted by molar-refractivity contribution is 0.129. The van der Waals surface area contributed by atoms with Crippen LogP contribution in [0, 0.1) is 12.8 Å². The molecular weight excluding hydrogens is 288 g/mol. The van der Waals surface area contributed by atoms with E-state index < -0.39 is 10.0 Å². The fourth-order valence-electron chi connectivity index (χ4n) is 2.06. The van der Waals surface area contributed by atoms with E-state index in [0.29, 0.717) is 30.5 Å². The molecule has 1 aromatic rings. The van der Waals surface area contributed by atoms with Crippen molar-refractivity contribution in [1.29, 1.82) is 0 Å². The van der Waals surface area contributed by atoms with Gasteiger partial charge in [0.05, 0.1) is 11.5 Å². The van der Waals surface area contributed by atoms with Crippen LogP contribution >= 0.6 is 0 Å². The van der Waals surface area contributed by atoms with Crippen molar-refractivity contribution in [3.8, 4) is 0 Å². The van der Waals surface area contributed by atoms with Gasteiger partial charge in [-0.1, -0.05) is 6.07 Å². The molecule has 5 nitrogen and oxygen atoms in total. The summed E-state index contributed by atoms with van der Waals surface area (Å²) >= 11 is 0. The molecule has 0 aromatic heterocycles. The van der Waals surface area contributed by atoms with Gasteiger partial charge in [0.2, 0.25) is 10.0 Å². The number of hydrogen-bond acceptors (Lipinski definition) is 4. The van der Waals surface area contributed by atoms with Gasteiger partial charge in [-0.15, -0.1) is 0 Å². The molecule has 1 saturated carbocycles. The molecule has 2 rings (SSSR count). The zero-order chi connectivity index (χ0) is 15.3. The van der Waals surface area contributed by atoms with Crippen molar-refractivity contribution in [1.82, 2.24) is 10.0 Å². The maximum Gasteiger partial charge on any atom is 0.240 e. The number of aryl methyl sites for hydroxylation is 1. The van der Waals surface area contributed by atoms with Crippen LogP contribution in [-0.4, -0.2) is 35.2 Å². The van der Waals surface area contributed by atoms with Crippen LogP contribution in [0.5, 0.6) is 0 Å². The minimum atomic E-state index is -3.46. The zero-order valence-electron chi connectivity index (χ0n) is 12.7. The summed E-state index contributed by atoms with van der Waals surface area (Å²) in [6.45, 7) is 4.11. The Hall–Kier alpha value is -0.950. The molecule has 1 aliphatic rings. The average molecular weight is 312 g/mol. The second kappa shape index (κ2) is 7.35. The minimum absolute atomic E-state index is 0.306. The number of nitrogens with one attached hydrogen (secondary N) is 2. The lowest BCUT2D eigenvalue weighted by Crippen LogP contribution is -2.28. The number of benzene rings is 1. The Kier molecular flexibility index (Phi) is 5.75. The summed E-state index contributed by atoms with van der Waals surface area (Å²) in [6.07, 6.45) is 2.48. The minimum Gasteiger partial charge on any atom is -0.380 e. The lowest BCUT2D eigenvalue weighted by atomic mass is 10.1. The molecule has 1 aromatic carbocycles. The number of rotatable bonds is 9. The van der Waals surface area contributed by atoms with Crippen molar-refractivity contribution in [2.45, 2.75) is 31.2 Å². The van der Waals surface area contributed by atoms with E-state index in [9.17, 15) is 8.42 Å². The van der Waals surface area contributed by atoms with Gasteiger partial charge in [-0.3, -0.25) is 0 Å². The normalized spacial score (nSPS) is 15.3. The van der Waals surface area contributed by atoms with Crippen LogP contribution in [0.4, 0.5) is 0 Å². The highest BCUT2D eigenvalue weighted by Crippen LogP contribution is 2.28. The predicted octanol–water partition coefficient (Wildman–Crippen LogP) is 1.42. The number of sulfonamides is 1. The third kappa shape index (κ3) is 5.07. The SMILES string of the molecule is CNCc1cc(S(=O)(=O)NCCOCC2CC2)ccc1C. The Morgan fingerprint density at radius 3 is 2.76 bits per heavy atom. The Bertz CT molecular complexity index is 568. The molecule has 1 aliphatic carbocycles. The van der Waals surface area contributed by atoms with Crippen molar-refractivity contribution in [3.63, 3.8) is 0 Å². The summed E-state index contributed by atoms with van der Waals surface area (Å²) in [5, 5.41) is 3.04. The molecule has 0 aliphatic heterocycles. The molecule has 1 fully saturated rings. The first kappa shape index (κ1) is 16.4. The molecule has 0 bridgehead atoms. The summed E-state index contributed by atoms with van der Waals surface area (Å²) in [5.41, 5.74) is 2.07. The van der Waals surface area contributed by atoms with E-state index >= 15 is 0 Å². The Morgan fingerprint density at radius 1 is 1.33 bits per heavy atom. The summed E-state index contributed by atoms with van der Waals surface area (Å²) in [5.74, 6) is 0.697. The molecule has 21 heavy (non-hydrogen) atoms. The van der Waals surface area contributed by atoms with Gasteiger partial charge >= 0.3 is 0 Å². The highest BCUT2D eigenvalue weighted by Gasteiger charge is 2.21. The van der Waals surface area contributed by atoms with Crippen molar-refractivity contribution in [2.75, 3.05) is 26.8 Å². The van der Waals surface area contributed by atoms with Gasteiger partial charge in [-0.25, -0.2) is 13.1 Å². The molecule has 6 heteroatoms. The van der Waals surface area contributed by atoms with Crippen molar-refractivity contribution in [3.05, 3.63) is 29.3 Å². The predicted molar refractivity (Wildman–Crippen MR) is 82.7 cm³/mol. The van der Waals surface area contributed by atoms with Crippen LogP contribution in [-0.2, 0) is 21.3 Å². The first-order chi connectivity index (χ1) is 10.0. The maximum atomic E-state index is 12.2. The summed E-state index contributed by atoms with van der Waals surface area (Å²) in [4.78, 5) is 0.306. The number of ether oxygens (including phenoxy) is 1. The van der Waals surface area contributed by atoms with E-state index in [-0.39, 0.29) is 0 Å². The van der Waals surface area contributed by atoms with Crippen LogP contribution in [0.3, 0.4) is 0 Å². The van der Waals surface area contributed by atoms with Crippen molar-refractivity contribution >= 4 is 10.0 Å². The molecule has 0 heterocycles. The lowest BCUT2D eigenvalue weighted by Gasteiger charge is -2.10. The van der Waals surface area contributed by atoms with E-state index in [1.54, 1.807) is 12.1 Å². The first-order valence-electron chi connectivity index (χ1n) is 7.34. The summed E-state index contributed by atoms with van der Waals surface area (Å²) < 4.78 is 32.5. The first-order valence-corrected chi connectivity index (χ1v) is 8.83. The molecule has 0 unspecified atom stereocenters. The smallest absolute Gasteiger partial charge is 0.240 e. The van der Waals surface area contributed by atoms with Gasteiger partial charge in [0.1, 0.15) is 0 Å². The third-order valence-corrected chi connectivity index (χ3v) is 5.05. The van der Waals surface area contributed by atoms with Gasteiger partial charge < -0.3 is 10.1 Å². The van der Waals surface area contributed by atoms with Gasteiger partial charge in [-0.2, -0.15) is 0 Å². The summed E-state index contributed by atoms with van der Waals surface area (Å²) in [6, 6.07) is 5.20. The van der Waals surface area contributed by atoms with Crippen molar-refractivity contribution in [2.24, 2.45) is 5.92 Å². The maximum absolute atomic E-state index is 12.2. The molecule has 0 radical (unpaired) electrons. The van der Waals surface area contributed by atoms with Crippen LogP contribution in [0.2, 0.25) is 0 Å². The number of hydrogen-bond donors (Lipinski definition) is 2. The van der Waals surface area contributed by atoms with Crippen LogP contribution in [0.15, 0.2) is 23.1 Å². The molecule has 0 spiro atoms. The van der Waals surface area contributed by atoms with Gasteiger partial charge in [-0.05, 0) is 56.0 Å². The molecule has 0 amide bonds. The Balaban J connectivity index is 1.89. The van der Waals surface area contributed by atoms with E-state index in [1.807, 2.05) is 20.0 Å². The zero-order valence-corrected chi connectivity index (χ0v) is 13.5. The van der Waals surface area contributed by atoms with Crippen LogP contribution in [0.1, 0.15) is 24.0 Å². The van der Waals surface area contributed by atoms with Crippen LogP contribution in [0.25, 0.3) is 0 Å². The van der Waals surface area contributed by atoms with E-state index in [4.69, 9.17) is 4.74 Å². The van der Waals surface area contributed by atoms with Crippen molar-refractivity contribution < 1.29 is 13.2 Å². The standard InChI is InChI=1S/C15H24N2O3S/c1-12-3-6-15(9-14(12)10-16-2)21(18,19)17-7-8-20-11-13-4-5-13/h3,6,9,13,16-17H,4-5,7-8,10-11H2,1-2H3. The quantitative estimate of drug-likeness (QED) is 0.677. The second-order valence-corrected chi connectivity index (χ2v) is 7.30. The summed E-state index contributed by atoms with van der Waals surface area (Å²) in [7, 11) is -1.62. The third-order valence-electron chi connectivity index (χ3n) is 3.59. The largest absolute Gasteiger partial charge is 0.380 e. The highest BCUT2D eigenvalue weighted by atomic mass is 32.2. The molecule has 0 saturated heterocycles. The van der Waals surface area contributed by atoms with E-state index in [0.717, 1.165) is 17.7 Å². The fraction of sp³-hybridized carbons (Fsp3) is 0.600. The van der Waals surface area contributed by atoms with E-state index in [2.05, 4.69) is 10.0 Å².